The molecule has 1 heterocycles. The van der Waals surface area contributed by atoms with Crippen LogP contribution in [0.5, 0.6) is 0 Å². The van der Waals surface area contributed by atoms with E-state index < -0.39 is 16.5 Å². The van der Waals surface area contributed by atoms with E-state index in [1.807, 2.05) is 6.92 Å². The van der Waals surface area contributed by atoms with Crippen molar-refractivity contribution < 1.29 is 16.8 Å². The van der Waals surface area contributed by atoms with Gasteiger partial charge in [0.25, 0.3) is 0 Å². The first kappa shape index (κ1) is 9.91. The normalized spacial score (nSPS) is 30.3. The number of rotatable bonds is 3. The quantitative estimate of drug-likeness (QED) is 0.673. The van der Waals surface area contributed by atoms with Crippen LogP contribution < -0.4 is 5.73 Å². The summed E-state index contributed by atoms with van der Waals surface area (Å²) in [7, 11) is -3.70. The maximum Gasteiger partial charge on any atom is 0.400 e. The summed E-state index contributed by atoms with van der Waals surface area (Å²) in [4.78, 5) is 0. The molecule has 72 valence electrons. The fourth-order valence-electron chi connectivity index (χ4n) is 0.993. The smallest absolute Gasteiger partial charge is 0.328 e. The van der Waals surface area contributed by atoms with Crippen LogP contribution in [0.3, 0.4) is 0 Å². The van der Waals surface area contributed by atoms with Gasteiger partial charge in [-0.1, -0.05) is 6.92 Å². The van der Waals surface area contributed by atoms with Crippen molar-refractivity contribution in [2.45, 2.75) is 31.9 Å². The second-order valence-corrected chi connectivity index (χ2v) is 4.06. The SMILES string of the molecule is CC[C@H](N)CC1COS(=O)(=O)O1. The average molecular weight is 195 g/mol. The minimum absolute atomic E-state index is 0.0214. The van der Waals surface area contributed by atoms with Gasteiger partial charge in [-0.2, -0.15) is 8.42 Å². The topological polar surface area (TPSA) is 78.6 Å². The van der Waals surface area contributed by atoms with E-state index in [4.69, 9.17) is 5.73 Å². The lowest BCUT2D eigenvalue weighted by atomic mass is 10.1. The van der Waals surface area contributed by atoms with Crippen molar-refractivity contribution in [3.63, 3.8) is 0 Å². The van der Waals surface area contributed by atoms with E-state index in [-0.39, 0.29) is 12.6 Å². The summed E-state index contributed by atoms with van der Waals surface area (Å²) >= 11 is 0. The van der Waals surface area contributed by atoms with Gasteiger partial charge in [-0.25, -0.2) is 8.37 Å². The first-order chi connectivity index (χ1) is 5.53. The Labute approximate surface area is 72.2 Å². The molecule has 12 heavy (non-hydrogen) atoms. The Hall–Kier alpha value is -0.170. The Balaban J connectivity index is 2.38. The molecular weight excluding hydrogens is 182 g/mol. The van der Waals surface area contributed by atoms with Crippen molar-refractivity contribution in [1.29, 1.82) is 0 Å². The van der Waals surface area contributed by atoms with E-state index in [1.54, 1.807) is 0 Å². The molecule has 6 heteroatoms. The molecule has 1 rings (SSSR count). The van der Waals surface area contributed by atoms with Gasteiger partial charge in [0.15, 0.2) is 0 Å². The summed E-state index contributed by atoms with van der Waals surface area (Å²) in [6, 6.07) is -0.0214. The van der Waals surface area contributed by atoms with Gasteiger partial charge >= 0.3 is 10.4 Å². The minimum Gasteiger partial charge on any atom is -0.328 e. The van der Waals surface area contributed by atoms with Crippen molar-refractivity contribution in [1.82, 2.24) is 0 Å². The van der Waals surface area contributed by atoms with Crippen LogP contribution in [-0.2, 0) is 18.8 Å². The molecular formula is C6H13NO4S. The standard InChI is InChI=1S/C6H13NO4S/c1-2-5(7)3-6-4-10-12(8,9)11-6/h5-6H,2-4,7H2,1H3/t5-,6?/m0/s1. The molecule has 0 radical (unpaired) electrons. The Kier molecular flexibility index (Phi) is 3.05. The Morgan fingerprint density at radius 3 is 2.75 bits per heavy atom. The second-order valence-electron chi connectivity index (χ2n) is 2.82. The molecule has 1 aliphatic rings. The molecule has 1 aliphatic heterocycles. The zero-order valence-corrected chi connectivity index (χ0v) is 7.71. The van der Waals surface area contributed by atoms with Gasteiger partial charge < -0.3 is 5.73 Å². The first-order valence-electron chi connectivity index (χ1n) is 3.86. The average Bonchev–Trinajstić information content (AvgIpc) is 2.30. The third kappa shape index (κ3) is 2.71. The van der Waals surface area contributed by atoms with Crippen molar-refractivity contribution in [2.24, 2.45) is 5.73 Å². The minimum atomic E-state index is -3.70. The van der Waals surface area contributed by atoms with Crippen molar-refractivity contribution in [3.05, 3.63) is 0 Å². The predicted octanol–water partition coefficient (Wildman–Crippen LogP) is -0.226. The van der Waals surface area contributed by atoms with E-state index in [0.29, 0.717) is 6.42 Å². The molecule has 1 unspecified atom stereocenters. The molecule has 1 saturated heterocycles. The number of hydrogen-bond acceptors (Lipinski definition) is 5. The molecule has 1 fully saturated rings. The predicted molar refractivity (Wildman–Crippen MR) is 42.6 cm³/mol. The zero-order valence-electron chi connectivity index (χ0n) is 6.89. The van der Waals surface area contributed by atoms with Crippen LogP contribution in [0.1, 0.15) is 19.8 Å². The second kappa shape index (κ2) is 3.69. The largest absolute Gasteiger partial charge is 0.400 e. The van der Waals surface area contributed by atoms with Gasteiger partial charge in [0.1, 0.15) is 6.10 Å². The molecule has 0 aromatic heterocycles. The maximum atomic E-state index is 10.6. The molecule has 0 aromatic carbocycles. The third-order valence-electron chi connectivity index (χ3n) is 1.74. The Bertz CT molecular complexity index is 238. The molecule has 0 amide bonds. The number of hydrogen-bond donors (Lipinski definition) is 1. The number of nitrogens with two attached hydrogens (primary N) is 1. The van der Waals surface area contributed by atoms with Crippen molar-refractivity contribution in [2.75, 3.05) is 6.61 Å². The summed E-state index contributed by atoms with van der Waals surface area (Å²) in [6.07, 6.45) is 0.931. The van der Waals surface area contributed by atoms with E-state index in [1.165, 1.54) is 0 Å². The lowest BCUT2D eigenvalue weighted by Gasteiger charge is -2.10. The van der Waals surface area contributed by atoms with Crippen LogP contribution in [0.25, 0.3) is 0 Å². The van der Waals surface area contributed by atoms with E-state index in [9.17, 15) is 8.42 Å². The highest BCUT2D eigenvalue weighted by atomic mass is 32.3. The van der Waals surface area contributed by atoms with E-state index >= 15 is 0 Å². The summed E-state index contributed by atoms with van der Waals surface area (Å²) < 4.78 is 30.2. The Morgan fingerprint density at radius 2 is 2.33 bits per heavy atom. The van der Waals surface area contributed by atoms with Crippen LogP contribution >= 0.6 is 0 Å². The highest BCUT2D eigenvalue weighted by molar-refractivity contribution is 7.82. The molecule has 5 nitrogen and oxygen atoms in total. The van der Waals surface area contributed by atoms with Crippen molar-refractivity contribution >= 4 is 10.4 Å². The monoisotopic (exact) mass is 195 g/mol. The van der Waals surface area contributed by atoms with E-state index in [0.717, 1.165) is 6.42 Å². The van der Waals surface area contributed by atoms with Gasteiger partial charge in [0, 0.05) is 6.04 Å². The van der Waals surface area contributed by atoms with Crippen LogP contribution in [0.4, 0.5) is 0 Å². The summed E-state index contributed by atoms with van der Waals surface area (Å²) in [5.41, 5.74) is 5.61. The molecule has 0 spiro atoms. The van der Waals surface area contributed by atoms with Gasteiger partial charge in [-0.15, -0.1) is 0 Å². The van der Waals surface area contributed by atoms with Gasteiger partial charge in [0.05, 0.1) is 6.61 Å². The summed E-state index contributed by atoms with van der Waals surface area (Å²) in [5.74, 6) is 0. The fourth-order valence-corrected chi connectivity index (χ4v) is 1.83. The molecule has 0 aliphatic carbocycles. The van der Waals surface area contributed by atoms with Crippen LogP contribution in [0.15, 0.2) is 0 Å². The molecule has 0 aromatic rings. The zero-order chi connectivity index (χ0) is 9.19. The van der Waals surface area contributed by atoms with Crippen LogP contribution in [0, 0.1) is 0 Å². The fraction of sp³-hybridized carbons (Fsp3) is 1.00. The van der Waals surface area contributed by atoms with Crippen LogP contribution in [0.2, 0.25) is 0 Å². The van der Waals surface area contributed by atoms with Gasteiger partial charge in [-0.3, -0.25) is 0 Å². The van der Waals surface area contributed by atoms with Gasteiger partial charge in [0.2, 0.25) is 0 Å². The molecule has 0 bridgehead atoms. The van der Waals surface area contributed by atoms with Crippen molar-refractivity contribution in [3.8, 4) is 0 Å². The first-order valence-corrected chi connectivity index (χ1v) is 5.20. The lowest BCUT2D eigenvalue weighted by Crippen LogP contribution is -2.26. The highest BCUT2D eigenvalue weighted by Gasteiger charge is 2.30. The van der Waals surface area contributed by atoms with E-state index in [2.05, 4.69) is 8.37 Å². The highest BCUT2D eigenvalue weighted by Crippen LogP contribution is 2.16. The molecule has 2 N–H and O–H groups in total. The third-order valence-corrected chi connectivity index (χ3v) is 2.67. The molecule has 2 atom stereocenters. The summed E-state index contributed by atoms with van der Waals surface area (Å²) in [6.45, 7) is 2.03. The Morgan fingerprint density at radius 1 is 1.67 bits per heavy atom. The maximum absolute atomic E-state index is 10.6. The lowest BCUT2D eigenvalue weighted by molar-refractivity contribution is 0.211. The van der Waals surface area contributed by atoms with Gasteiger partial charge in [-0.05, 0) is 12.8 Å². The van der Waals surface area contributed by atoms with Crippen LogP contribution in [-0.4, -0.2) is 27.2 Å². The summed E-state index contributed by atoms with van der Waals surface area (Å²) in [5, 5.41) is 0. The molecule has 0 saturated carbocycles.